The Hall–Kier alpha value is -3.88. The monoisotopic (exact) mass is 361 g/mol. The first kappa shape index (κ1) is 16.6. The second kappa shape index (κ2) is 7.16. The van der Waals surface area contributed by atoms with Gasteiger partial charge in [-0.15, -0.1) is 0 Å². The molecule has 0 saturated heterocycles. The molecule has 3 heterocycles. The Morgan fingerprint density at radius 2 is 2.04 bits per heavy atom. The smallest absolute Gasteiger partial charge is 0.257 e. The summed E-state index contributed by atoms with van der Waals surface area (Å²) in [6.45, 7) is 2.12. The number of hydrogen-bond acceptors (Lipinski definition) is 7. The van der Waals surface area contributed by atoms with Crippen LogP contribution in [0.5, 0.6) is 0 Å². The Balaban J connectivity index is 1.37. The summed E-state index contributed by atoms with van der Waals surface area (Å²) in [5.74, 6) is 1.48. The van der Waals surface area contributed by atoms with Gasteiger partial charge in [0, 0.05) is 23.9 Å². The maximum Gasteiger partial charge on any atom is 0.257 e. The molecule has 134 valence electrons. The summed E-state index contributed by atoms with van der Waals surface area (Å²) in [6, 6.07) is 10.7. The molecule has 0 spiro atoms. The van der Waals surface area contributed by atoms with Gasteiger partial charge < -0.3 is 9.84 Å². The Kier molecular flexibility index (Phi) is 4.40. The molecule has 4 aromatic rings. The van der Waals surface area contributed by atoms with Crippen LogP contribution in [0.1, 0.15) is 21.7 Å². The van der Waals surface area contributed by atoms with Crippen molar-refractivity contribution in [1.82, 2.24) is 35.2 Å². The number of aromatic nitrogens is 6. The van der Waals surface area contributed by atoms with Gasteiger partial charge in [-0.2, -0.15) is 10.1 Å². The topological polar surface area (TPSA) is 112 Å². The van der Waals surface area contributed by atoms with E-state index in [1.54, 1.807) is 48.4 Å². The highest BCUT2D eigenvalue weighted by Crippen LogP contribution is 2.17. The molecule has 0 aliphatic heterocycles. The standard InChI is InChI=1S/C18H15N7O2/c1-12-23-18(27-24-12)15-5-3-14(4-6-15)17(26)21-9-13-2-7-16(20-8-13)25-11-19-10-22-25/h2-8,10-11H,9H2,1H3,(H,21,26). The van der Waals surface area contributed by atoms with Gasteiger partial charge in [0.15, 0.2) is 11.6 Å². The van der Waals surface area contributed by atoms with Crippen molar-refractivity contribution in [2.45, 2.75) is 13.5 Å². The van der Waals surface area contributed by atoms with Crippen molar-refractivity contribution in [2.24, 2.45) is 0 Å². The number of nitrogens with zero attached hydrogens (tertiary/aromatic N) is 6. The van der Waals surface area contributed by atoms with Gasteiger partial charge in [-0.3, -0.25) is 4.79 Å². The van der Waals surface area contributed by atoms with Gasteiger partial charge in [-0.1, -0.05) is 11.2 Å². The van der Waals surface area contributed by atoms with Crippen molar-refractivity contribution in [1.29, 1.82) is 0 Å². The molecule has 0 saturated carbocycles. The molecule has 3 aromatic heterocycles. The summed E-state index contributed by atoms with van der Waals surface area (Å²) in [4.78, 5) is 24.7. The Morgan fingerprint density at radius 3 is 2.67 bits per heavy atom. The predicted molar refractivity (Wildman–Crippen MR) is 94.8 cm³/mol. The van der Waals surface area contributed by atoms with E-state index in [0.717, 1.165) is 11.1 Å². The van der Waals surface area contributed by atoms with E-state index in [9.17, 15) is 4.79 Å². The van der Waals surface area contributed by atoms with Crippen molar-refractivity contribution >= 4 is 5.91 Å². The van der Waals surface area contributed by atoms with Crippen LogP contribution in [0.25, 0.3) is 17.3 Å². The first-order valence-electron chi connectivity index (χ1n) is 8.18. The lowest BCUT2D eigenvalue weighted by Crippen LogP contribution is -2.22. The highest BCUT2D eigenvalue weighted by Gasteiger charge is 2.09. The molecule has 9 heteroatoms. The molecule has 0 fully saturated rings. The fourth-order valence-corrected chi connectivity index (χ4v) is 2.45. The minimum absolute atomic E-state index is 0.177. The van der Waals surface area contributed by atoms with E-state index in [1.807, 2.05) is 12.1 Å². The van der Waals surface area contributed by atoms with Crippen molar-refractivity contribution in [3.63, 3.8) is 0 Å². The molecule has 9 nitrogen and oxygen atoms in total. The third kappa shape index (κ3) is 3.71. The van der Waals surface area contributed by atoms with Crippen LogP contribution in [-0.2, 0) is 6.54 Å². The van der Waals surface area contributed by atoms with Crippen LogP contribution in [0.4, 0.5) is 0 Å². The van der Waals surface area contributed by atoms with E-state index in [4.69, 9.17) is 4.52 Å². The fraction of sp³-hybridized carbons (Fsp3) is 0.111. The van der Waals surface area contributed by atoms with E-state index in [0.29, 0.717) is 29.6 Å². The van der Waals surface area contributed by atoms with E-state index in [1.165, 1.54) is 6.33 Å². The third-order valence-corrected chi connectivity index (χ3v) is 3.84. The molecule has 1 N–H and O–H groups in total. The van der Waals surface area contributed by atoms with Gasteiger partial charge in [0.25, 0.3) is 11.8 Å². The minimum atomic E-state index is -0.177. The zero-order valence-corrected chi connectivity index (χ0v) is 14.4. The van der Waals surface area contributed by atoms with Crippen molar-refractivity contribution < 1.29 is 9.32 Å². The summed E-state index contributed by atoms with van der Waals surface area (Å²) in [5, 5.41) is 10.6. The fourth-order valence-electron chi connectivity index (χ4n) is 2.45. The number of hydrogen-bond donors (Lipinski definition) is 1. The van der Waals surface area contributed by atoms with Crippen LogP contribution in [0.15, 0.2) is 59.8 Å². The second-order valence-corrected chi connectivity index (χ2v) is 5.77. The second-order valence-electron chi connectivity index (χ2n) is 5.77. The van der Waals surface area contributed by atoms with Crippen molar-refractivity contribution in [3.8, 4) is 17.3 Å². The van der Waals surface area contributed by atoms with Gasteiger partial charge >= 0.3 is 0 Å². The lowest BCUT2D eigenvalue weighted by Gasteiger charge is -2.06. The molecule has 27 heavy (non-hydrogen) atoms. The zero-order chi connectivity index (χ0) is 18.6. The van der Waals surface area contributed by atoms with Gasteiger partial charge in [-0.25, -0.2) is 14.6 Å². The first-order chi connectivity index (χ1) is 13.2. The van der Waals surface area contributed by atoms with Gasteiger partial charge in [0.1, 0.15) is 12.7 Å². The van der Waals surface area contributed by atoms with Crippen molar-refractivity contribution in [3.05, 3.63) is 72.2 Å². The Labute approximate surface area is 154 Å². The highest BCUT2D eigenvalue weighted by atomic mass is 16.5. The summed E-state index contributed by atoms with van der Waals surface area (Å²) in [7, 11) is 0. The molecule has 0 radical (unpaired) electrons. The molecule has 0 aliphatic carbocycles. The number of pyridine rings is 1. The summed E-state index contributed by atoms with van der Waals surface area (Å²) < 4.78 is 6.68. The predicted octanol–water partition coefficient (Wildman–Crippen LogP) is 1.95. The molecule has 1 aromatic carbocycles. The van der Waals surface area contributed by atoms with E-state index in [-0.39, 0.29) is 5.91 Å². The largest absolute Gasteiger partial charge is 0.348 e. The van der Waals surface area contributed by atoms with Crippen LogP contribution in [0.3, 0.4) is 0 Å². The van der Waals surface area contributed by atoms with Crippen LogP contribution in [0.2, 0.25) is 0 Å². The number of amides is 1. The Bertz CT molecular complexity index is 1040. The van der Waals surface area contributed by atoms with E-state index in [2.05, 4.69) is 30.5 Å². The summed E-state index contributed by atoms with van der Waals surface area (Å²) in [6.07, 6.45) is 4.71. The van der Waals surface area contributed by atoms with Crippen molar-refractivity contribution in [2.75, 3.05) is 0 Å². The molecule has 0 unspecified atom stereocenters. The third-order valence-electron chi connectivity index (χ3n) is 3.84. The van der Waals surface area contributed by atoms with Crippen LogP contribution in [-0.4, -0.2) is 35.8 Å². The summed E-state index contributed by atoms with van der Waals surface area (Å²) >= 11 is 0. The molecule has 1 amide bonds. The SMILES string of the molecule is Cc1noc(-c2ccc(C(=O)NCc3ccc(-n4cncn4)nc3)cc2)n1. The highest BCUT2D eigenvalue weighted by molar-refractivity contribution is 5.94. The average molecular weight is 361 g/mol. The molecule has 4 rings (SSSR count). The minimum Gasteiger partial charge on any atom is -0.348 e. The van der Waals surface area contributed by atoms with E-state index < -0.39 is 0 Å². The maximum atomic E-state index is 12.3. The first-order valence-corrected chi connectivity index (χ1v) is 8.18. The average Bonchev–Trinajstić information content (AvgIpc) is 3.39. The Morgan fingerprint density at radius 1 is 1.19 bits per heavy atom. The number of aryl methyl sites for hydroxylation is 1. The maximum absolute atomic E-state index is 12.3. The van der Waals surface area contributed by atoms with Gasteiger partial charge in [-0.05, 0) is 42.8 Å². The van der Waals surface area contributed by atoms with Crippen LogP contribution >= 0.6 is 0 Å². The lowest BCUT2D eigenvalue weighted by atomic mass is 10.1. The van der Waals surface area contributed by atoms with E-state index >= 15 is 0 Å². The molecular formula is C18H15N7O2. The van der Waals surface area contributed by atoms with Gasteiger partial charge in [0.05, 0.1) is 0 Å². The molecule has 0 bridgehead atoms. The van der Waals surface area contributed by atoms with Crippen LogP contribution in [0, 0.1) is 6.92 Å². The van der Waals surface area contributed by atoms with Gasteiger partial charge in [0.2, 0.25) is 0 Å². The normalized spacial score (nSPS) is 10.7. The molecule has 0 aliphatic rings. The quantitative estimate of drug-likeness (QED) is 0.578. The zero-order valence-electron chi connectivity index (χ0n) is 14.4. The summed E-state index contributed by atoms with van der Waals surface area (Å²) in [5.41, 5.74) is 2.19. The number of carbonyl (C=O) groups excluding carboxylic acids is 1. The number of rotatable bonds is 5. The molecular weight excluding hydrogens is 346 g/mol. The molecule has 0 atom stereocenters. The number of carbonyl (C=O) groups is 1. The van der Waals surface area contributed by atoms with Crippen LogP contribution < -0.4 is 5.32 Å². The number of benzene rings is 1. The number of nitrogens with one attached hydrogen (secondary N) is 1. The lowest BCUT2D eigenvalue weighted by molar-refractivity contribution is 0.0951.